The van der Waals surface area contributed by atoms with Crippen molar-refractivity contribution in [2.75, 3.05) is 54.1 Å². The molecule has 0 aromatic heterocycles. The number of carbonyl (C=O) groups excluding carboxylic acids is 1. The van der Waals surface area contributed by atoms with E-state index in [1.165, 1.54) is 205 Å². The molecule has 0 saturated carbocycles. The van der Waals surface area contributed by atoms with Crippen LogP contribution in [0.4, 0.5) is 0 Å². The van der Waals surface area contributed by atoms with Gasteiger partial charge in [0, 0.05) is 13.0 Å². The maximum atomic E-state index is 12.8. The molecule has 8 nitrogen and oxygen atoms in total. The van der Waals surface area contributed by atoms with Crippen molar-refractivity contribution in [3.8, 4) is 0 Å². The minimum atomic E-state index is -4.28. The highest BCUT2D eigenvalue weighted by Gasteiger charge is 2.26. The molecule has 0 amide bonds. The van der Waals surface area contributed by atoms with Crippen LogP contribution in [-0.2, 0) is 27.9 Å². The lowest BCUT2D eigenvalue weighted by molar-refractivity contribution is -0.870. The Morgan fingerprint density at radius 3 is 1.30 bits per heavy atom. The van der Waals surface area contributed by atoms with E-state index in [-0.39, 0.29) is 25.8 Å². The number of nitrogens with zero attached hydrogens (tertiary/aromatic N) is 1. The second-order valence-electron chi connectivity index (χ2n) is 20.0. The van der Waals surface area contributed by atoms with Crippen LogP contribution in [0.2, 0.25) is 0 Å². The van der Waals surface area contributed by atoms with Crippen molar-refractivity contribution in [1.29, 1.82) is 0 Å². The van der Waals surface area contributed by atoms with Crippen molar-refractivity contribution in [1.82, 2.24) is 0 Å². The topological polar surface area (TPSA) is 91.3 Å². The number of phosphoric ester groups is 1. The lowest BCUT2D eigenvalue weighted by Crippen LogP contribution is -2.37. The van der Waals surface area contributed by atoms with Crippen LogP contribution in [-0.4, -0.2) is 75.6 Å². The van der Waals surface area contributed by atoms with Crippen LogP contribution in [0, 0.1) is 0 Å². The Hall–Kier alpha value is -1.02. The molecule has 0 aromatic carbocycles. The third-order valence-corrected chi connectivity index (χ3v) is 13.2. The Balaban J connectivity index is 4.06. The van der Waals surface area contributed by atoms with Crippen LogP contribution in [0.5, 0.6) is 0 Å². The second-order valence-corrected chi connectivity index (χ2v) is 21.4. The fraction of sp³-hybridized carbons (Fsp3) is 0.909. The van der Waals surface area contributed by atoms with Gasteiger partial charge in [-0.05, 0) is 44.9 Å². The van der Waals surface area contributed by atoms with Gasteiger partial charge in [-0.2, -0.15) is 0 Å². The summed E-state index contributed by atoms with van der Waals surface area (Å²) in [5, 5.41) is 0. The molecule has 0 saturated heterocycles. The maximum absolute atomic E-state index is 12.8. The van der Waals surface area contributed by atoms with Gasteiger partial charge in [-0.25, -0.2) is 4.57 Å². The predicted octanol–water partition coefficient (Wildman–Crippen LogP) is 17.1. The number of esters is 1. The number of phosphoric acid groups is 1. The van der Waals surface area contributed by atoms with Crippen LogP contribution in [0.1, 0.15) is 264 Å². The molecule has 2 unspecified atom stereocenters. The number of rotatable bonds is 52. The largest absolute Gasteiger partial charge is 0.472 e. The van der Waals surface area contributed by atoms with E-state index in [2.05, 4.69) is 38.2 Å². The number of carbonyl (C=O) groups is 1. The number of hydrogen-bond donors (Lipinski definition) is 1. The molecule has 0 rings (SSSR count). The van der Waals surface area contributed by atoms with E-state index in [0.29, 0.717) is 24.1 Å². The lowest BCUT2D eigenvalue weighted by atomic mass is 10.0. The minimum Gasteiger partial charge on any atom is -0.457 e. The lowest BCUT2D eigenvalue weighted by Gasteiger charge is -2.24. The van der Waals surface area contributed by atoms with Crippen LogP contribution in [0.3, 0.4) is 0 Å². The standard InChI is InChI=1S/C55H108NO7P/c1-6-8-10-12-14-16-18-20-22-24-26-27-28-29-31-33-35-37-39-41-43-45-47-50-60-52-54(53-62-64(58,59)61-51-49-56(3,4)5)63-55(57)48-46-44-42-40-38-36-34-32-30-25-23-21-19-17-15-13-11-9-7-2/h15,17,21,23,54H,6-14,16,18-20,22,24-53H2,1-5H3/p+1/b17-15-,23-21-. The molecule has 0 spiro atoms. The number of allylic oxidation sites excluding steroid dienone is 4. The molecule has 0 radical (unpaired) electrons. The smallest absolute Gasteiger partial charge is 0.457 e. The number of ether oxygens (including phenoxy) is 2. The number of likely N-dealkylation sites (N-methyl/N-ethyl adjacent to an activating group) is 1. The minimum absolute atomic E-state index is 0.0902. The van der Waals surface area contributed by atoms with Gasteiger partial charge in [0.1, 0.15) is 19.3 Å². The van der Waals surface area contributed by atoms with Crippen molar-refractivity contribution in [2.45, 2.75) is 270 Å². The molecular weight excluding hydrogens is 818 g/mol. The number of unbranched alkanes of at least 4 members (excludes halogenated alkanes) is 34. The number of hydrogen-bond acceptors (Lipinski definition) is 6. The summed E-state index contributed by atoms with van der Waals surface area (Å²) in [7, 11) is 1.68. The van der Waals surface area contributed by atoms with Gasteiger partial charge < -0.3 is 18.9 Å². The first-order valence-electron chi connectivity index (χ1n) is 27.6. The molecule has 0 aliphatic heterocycles. The first kappa shape index (κ1) is 63.0. The molecule has 0 fully saturated rings. The SMILES string of the molecule is CCCCC/C=C\C/C=C\CCCCCCCCCCCC(=O)OC(COCCCCCCCCCCCCCCCCCCCCCCCCC)COP(=O)(O)OCC[N+](C)(C)C. The second kappa shape index (κ2) is 48.4. The summed E-state index contributed by atoms with van der Waals surface area (Å²) in [6.07, 6.45) is 58.0. The van der Waals surface area contributed by atoms with Crippen LogP contribution >= 0.6 is 7.82 Å². The van der Waals surface area contributed by atoms with Crippen molar-refractivity contribution in [3.05, 3.63) is 24.3 Å². The van der Waals surface area contributed by atoms with Gasteiger partial charge in [0.2, 0.25) is 0 Å². The Labute approximate surface area is 398 Å². The molecule has 1 N–H and O–H groups in total. The van der Waals surface area contributed by atoms with Crippen LogP contribution < -0.4 is 0 Å². The Kier molecular flexibility index (Phi) is 47.7. The van der Waals surface area contributed by atoms with E-state index >= 15 is 0 Å². The summed E-state index contributed by atoms with van der Waals surface area (Å²) in [4.78, 5) is 23.0. The van der Waals surface area contributed by atoms with Crippen LogP contribution in [0.15, 0.2) is 24.3 Å². The van der Waals surface area contributed by atoms with E-state index < -0.39 is 13.9 Å². The monoisotopic (exact) mass is 927 g/mol. The van der Waals surface area contributed by atoms with Crippen LogP contribution in [0.25, 0.3) is 0 Å². The quantitative estimate of drug-likeness (QED) is 0.0214. The average Bonchev–Trinajstić information content (AvgIpc) is 3.25. The average molecular weight is 927 g/mol. The third-order valence-electron chi connectivity index (χ3n) is 12.3. The van der Waals surface area contributed by atoms with Crippen molar-refractivity contribution < 1.29 is 37.3 Å². The van der Waals surface area contributed by atoms with Gasteiger partial charge in [-0.15, -0.1) is 0 Å². The summed E-state index contributed by atoms with van der Waals surface area (Å²) < 4.78 is 35.2. The Morgan fingerprint density at radius 1 is 0.484 bits per heavy atom. The molecule has 2 atom stereocenters. The summed E-state index contributed by atoms with van der Waals surface area (Å²) in [6, 6.07) is 0. The zero-order valence-electron chi connectivity index (χ0n) is 43.3. The van der Waals surface area contributed by atoms with E-state index in [4.69, 9.17) is 18.5 Å². The van der Waals surface area contributed by atoms with E-state index in [9.17, 15) is 14.3 Å². The highest BCUT2D eigenvalue weighted by molar-refractivity contribution is 7.47. The van der Waals surface area contributed by atoms with Crippen molar-refractivity contribution in [2.24, 2.45) is 0 Å². The molecular formula is C55H109NO7P+. The molecule has 0 aliphatic carbocycles. The van der Waals surface area contributed by atoms with E-state index in [1.807, 2.05) is 21.1 Å². The normalized spacial score (nSPS) is 13.7. The molecule has 0 aliphatic rings. The van der Waals surface area contributed by atoms with Gasteiger partial charge in [-0.1, -0.05) is 237 Å². The summed E-state index contributed by atoms with van der Waals surface area (Å²) >= 11 is 0. The van der Waals surface area contributed by atoms with Gasteiger partial charge in [0.15, 0.2) is 0 Å². The van der Waals surface area contributed by atoms with Gasteiger partial charge in [0.25, 0.3) is 0 Å². The fourth-order valence-corrected chi connectivity index (χ4v) is 8.74. The predicted molar refractivity (Wildman–Crippen MR) is 275 cm³/mol. The van der Waals surface area contributed by atoms with Crippen molar-refractivity contribution in [3.63, 3.8) is 0 Å². The Bertz CT molecular complexity index is 1080. The molecule has 64 heavy (non-hydrogen) atoms. The first-order valence-corrected chi connectivity index (χ1v) is 29.1. The first-order chi connectivity index (χ1) is 31.1. The summed E-state index contributed by atoms with van der Waals surface area (Å²) in [6.45, 7) is 5.66. The zero-order valence-corrected chi connectivity index (χ0v) is 44.2. The molecule has 0 bridgehead atoms. The maximum Gasteiger partial charge on any atom is 0.472 e. The summed E-state index contributed by atoms with van der Waals surface area (Å²) in [5.41, 5.74) is 0. The van der Waals surface area contributed by atoms with E-state index in [0.717, 1.165) is 38.5 Å². The molecule has 9 heteroatoms. The highest BCUT2D eigenvalue weighted by atomic mass is 31.2. The van der Waals surface area contributed by atoms with Gasteiger partial charge >= 0.3 is 13.8 Å². The number of quaternary nitrogens is 1. The molecule has 380 valence electrons. The molecule has 0 heterocycles. The molecule has 0 aromatic rings. The Morgan fingerprint density at radius 2 is 0.859 bits per heavy atom. The third kappa shape index (κ3) is 52.0. The summed E-state index contributed by atoms with van der Waals surface area (Å²) in [5.74, 6) is -0.312. The van der Waals surface area contributed by atoms with E-state index in [1.54, 1.807) is 0 Å². The highest BCUT2D eigenvalue weighted by Crippen LogP contribution is 2.43. The van der Waals surface area contributed by atoms with Gasteiger partial charge in [-0.3, -0.25) is 13.8 Å². The fourth-order valence-electron chi connectivity index (χ4n) is 8.00. The zero-order chi connectivity index (χ0) is 46.9. The van der Waals surface area contributed by atoms with Gasteiger partial charge in [0.05, 0.1) is 34.4 Å². The van der Waals surface area contributed by atoms with Crippen molar-refractivity contribution >= 4 is 13.8 Å².